The van der Waals surface area contributed by atoms with Gasteiger partial charge in [-0.1, -0.05) is 78.1 Å². The van der Waals surface area contributed by atoms with Crippen LogP contribution in [0.4, 0.5) is 4.39 Å². The molecule has 10 heteroatoms. The molecule has 0 fully saturated rings. The Hall–Kier alpha value is -5.61. The third-order valence-electron chi connectivity index (χ3n) is 7.61. The lowest BCUT2D eigenvalue weighted by Crippen LogP contribution is -2.40. The van der Waals surface area contributed by atoms with Gasteiger partial charge < -0.3 is 14.2 Å². The molecule has 6 rings (SSSR count). The fraction of sp³-hybridized carbons (Fsp3) is 0.158. The summed E-state index contributed by atoms with van der Waals surface area (Å²) in [4.78, 5) is 44.7. The van der Waals surface area contributed by atoms with Crippen molar-refractivity contribution >= 4 is 35.0 Å². The molecule has 0 saturated heterocycles. The highest BCUT2D eigenvalue weighted by molar-refractivity contribution is 7.07. The molecule has 0 aliphatic carbocycles. The first-order chi connectivity index (χ1) is 23.4. The van der Waals surface area contributed by atoms with Crippen molar-refractivity contribution in [3.8, 4) is 5.75 Å². The average Bonchev–Trinajstić information content (AvgIpc) is 3.42. The molecule has 48 heavy (non-hydrogen) atoms. The maximum Gasteiger partial charge on any atom is 0.338 e. The fourth-order valence-corrected chi connectivity index (χ4v) is 6.33. The average molecular weight is 663 g/mol. The Kier molecular flexibility index (Phi) is 9.73. The number of halogens is 1. The zero-order valence-corrected chi connectivity index (χ0v) is 27.0. The number of carbonyl (C=O) groups excluding carboxylic acids is 2. The summed E-state index contributed by atoms with van der Waals surface area (Å²) < 4.78 is 32.3. The van der Waals surface area contributed by atoms with Crippen LogP contribution in [0.3, 0.4) is 0 Å². The van der Waals surface area contributed by atoms with Crippen LogP contribution in [0.5, 0.6) is 5.75 Å². The topological polar surface area (TPSA) is 96.2 Å². The molecule has 0 N–H and O–H groups in total. The number of carbonyl (C=O) groups is 2. The zero-order chi connectivity index (χ0) is 33.6. The second kappa shape index (κ2) is 14.4. The van der Waals surface area contributed by atoms with Gasteiger partial charge in [0.05, 0.1) is 40.6 Å². The molecule has 0 unspecified atom stereocenters. The molecule has 2 heterocycles. The number of nitrogens with zero attached hydrogens (tertiary/aromatic N) is 2. The standard InChI is InChI=1S/C38H31FN2O6S/c1-3-45-36(43)28-14-10-25(11-15-28)23-47-30-20-12-24(13-21-30)22-31-35(42)41-34(27-16-18-29(39)19-17-27)32(37(44)46-4-2)33(40-38(41)48-31)26-8-6-5-7-9-26/h5-22,34H,3-4,23H2,1-2H3/b31-22-/t34-/m1/s1. The van der Waals surface area contributed by atoms with Gasteiger partial charge in [-0.2, -0.15) is 0 Å². The molecule has 1 atom stereocenters. The number of aromatic nitrogens is 1. The van der Waals surface area contributed by atoms with Crippen molar-refractivity contribution in [3.63, 3.8) is 0 Å². The lowest BCUT2D eigenvalue weighted by atomic mass is 9.93. The molecule has 0 bridgehead atoms. The van der Waals surface area contributed by atoms with Crippen LogP contribution in [0.1, 0.15) is 52.5 Å². The van der Waals surface area contributed by atoms with Crippen molar-refractivity contribution in [3.05, 3.63) is 162 Å². The van der Waals surface area contributed by atoms with Crippen LogP contribution < -0.4 is 19.6 Å². The van der Waals surface area contributed by atoms with Crippen molar-refractivity contribution < 1.29 is 28.2 Å². The van der Waals surface area contributed by atoms with Crippen LogP contribution in [0, 0.1) is 5.82 Å². The third kappa shape index (κ3) is 6.89. The number of ether oxygens (including phenoxy) is 3. The molecule has 242 valence electrons. The van der Waals surface area contributed by atoms with Crippen molar-refractivity contribution in [2.45, 2.75) is 26.5 Å². The van der Waals surface area contributed by atoms with E-state index >= 15 is 0 Å². The molecule has 0 saturated carbocycles. The molecule has 1 aromatic heterocycles. The van der Waals surface area contributed by atoms with E-state index in [0.717, 1.165) is 11.1 Å². The first kappa shape index (κ1) is 32.3. The van der Waals surface area contributed by atoms with Crippen molar-refractivity contribution in [1.29, 1.82) is 0 Å². The summed E-state index contributed by atoms with van der Waals surface area (Å²) in [6, 6.07) is 28.4. The molecular weight excluding hydrogens is 631 g/mol. The first-order valence-electron chi connectivity index (χ1n) is 15.4. The van der Waals surface area contributed by atoms with Crippen LogP contribution in [0.15, 0.2) is 118 Å². The number of fused-ring (bicyclic) bond motifs is 1. The highest BCUT2D eigenvalue weighted by Crippen LogP contribution is 2.35. The Morgan fingerprint density at radius 1 is 0.854 bits per heavy atom. The lowest BCUT2D eigenvalue weighted by molar-refractivity contribution is -0.138. The summed E-state index contributed by atoms with van der Waals surface area (Å²) in [6.45, 7) is 4.22. The molecule has 5 aromatic rings. The van der Waals surface area contributed by atoms with E-state index in [4.69, 9.17) is 19.2 Å². The monoisotopic (exact) mass is 662 g/mol. The highest BCUT2D eigenvalue weighted by atomic mass is 32.1. The number of rotatable bonds is 10. The van der Waals surface area contributed by atoms with Crippen LogP contribution >= 0.6 is 11.3 Å². The molecule has 8 nitrogen and oxygen atoms in total. The van der Waals surface area contributed by atoms with E-state index in [1.54, 1.807) is 44.2 Å². The van der Waals surface area contributed by atoms with Crippen molar-refractivity contribution in [2.75, 3.05) is 13.2 Å². The molecular formula is C38H31FN2O6S. The van der Waals surface area contributed by atoms with Gasteiger partial charge in [-0.15, -0.1) is 0 Å². The molecule has 1 aliphatic rings. The molecule has 0 spiro atoms. The minimum atomic E-state index is -0.889. The van der Waals surface area contributed by atoms with Gasteiger partial charge in [0.25, 0.3) is 5.56 Å². The zero-order valence-electron chi connectivity index (χ0n) is 26.2. The van der Waals surface area contributed by atoms with Crippen LogP contribution in [-0.4, -0.2) is 29.7 Å². The van der Waals surface area contributed by atoms with Gasteiger partial charge in [-0.25, -0.2) is 19.0 Å². The van der Waals surface area contributed by atoms with E-state index in [2.05, 4.69) is 0 Å². The van der Waals surface area contributed by atoms with Gasteiger partial charge in [0.15, 0.2) is 4.80 Å². The Morgan fingerprint density at radius 2 is 1.52 bits per heavy atom. The van der Waals surface area contributed by atoms with Crippen molar-refractivity contribution in [1.82, 2.24) is 4.57 Å². The van der Waals surface area contributed by atoms with E-state index < -0.39 is 17.8 Å². The first-order valence-corrected chi connectivity index (χ1v) is 16.2. The van der Waals surface area contributed by atoms with Crippen molar-refractivity contribution in [2.24, 2.45) is 4.99 Å². The number of hydrogen-bond donors (Lipinski definition) is 0. The van der Waals surface area contributed by atoms with E-state index in [1.165, 1.54) is 28.0 Å². The summed E-state index contributed by atoms with van der Waals surface area (Å²) in [5, 5.41) is 0. The number of thiazole rings is 1. The van der Waals surface area contributed by atoms with E-state index in [1.807, 2.05) is 66.7 Å². The van der Waals surface area contributed by atoms with E-state index in [-0.39, 0.29) is 23.7 Å². The second-order valence-corrected chi connectivity index (χ2v) is 11.8. The van der Waals surface area contributed by atoms with Gasteiger partial charge in [0, 0.05) is 5.56 Å². The summed E-state index contributed by atoms with van der Waals surface area (Å²) in [7, 11) is 0. The van der Waals surface area contributed by atoms with E-state index in [0.29, 0.717) is 50.7 Å². The van der Waals surface area contributed by atoms with Gasteiger partial charge >= 0.3 is 11.9 Å². The number of benzene rings is 4. The SMILES string of the molecule is CCOC(=O)C1=C(c2ccccc2)N=c2s/c(=C\c3ccc(OCc4ccc(C(=O)OCC)cc4)cc3)c(=O)n2[C@@H]1c1ccc(F)cc1. The summed E-state index contributed by atoms with van der Waals surface area (Å²) in [5.41, 5.74) is 3.63. The summed E-state index contributed by atoms with van der Waals surface area (Å²) in [5.74, 6) is -0.773. The minimum absolute atomic E-state index is 0.131. The number of esters is 2. The maximum atomic E-state index is 14.0. The fourth-order valence-electron chi connectivity index (χ4n) is 5.33. The Bertz CT molecular complexity index is 2150. The Labute approximate surface area is 279 Å². The summed E-state index contributed by atoms with van der Waals surface area (Å²) in [6.07, 6.45) is 1.76. The molecule has 1 aliphatic heterocycles. The van der Waals surface area contributed by atoms with Gasteiger partial charge in [-0.3, -0.25) is 9.36 Å². The molecule has 4 aromatic carbocycles. The number of hydrogen-bond acceptors (Lipinski definition) is 8. The molecule has 0 radical (unpaired) electrons. The lowest BCUT2D eigenvalue weighted by Gasteiger charge is -2.25. The maximum absolute atomic E-state index is 14.0. The predicted molar refractivity (Wildman–Crippen MR) is 181 cm³/mol. The largest absolute Gasteiger partial charge is 0.489 e. The smallest absolute Gasteiger partial charge is 0.338 e. The quantitative estimate of drug-likeness (QED) is 0.175. The van der Waals surface area contributed by atoms with Crippen LogP contribution in [-0.2, 0) is 20.9 Å². The normalized spacial score (nSPS) is 14.2. The Morgan fingerprint density at radius 3 is 2.19 bits per heavy atom. The van der Waals surface area contributed by atoms with Crippen LogP contribution in [0.2, 0.25) is 0 Å². The second-order valence-electron chi connectivity index (χ2n) is 10.8. The predicted octanol–water partition coefficient (Wildman–Crippen LogP) is 5.83. The van der Waals surface area contributed by atoms with Gasteiger partial charge in [-0.05, 0) is 73.0 Å². The van der Waals surface area contributed by atoms with Crippen LogP contribution in [0.25, 0.3) is 11.8 Å². The Balaban J connectivity index is 1.34. The minimum Gasteiger partial charge on any atom is -0.489 e. The summed E-state index contributed by atoms with van der Waals surface area (Å²) >= 11 is 1.21. The van der Waals surface area contributed by atoms with E-state index in [9.17, 15) is 18.8 Å². The van der Waals surface area contributed by atoms with Gasteiger partial charge in [0.1, 0.15) is 18.2 Å². The highest BCUT2D eigenvalue weighted by Gasteiger charge is 2.35. The third-order valence-corrected chi connectivity index (χ3v) is 8.59. The van der Waals surface area contributed by atoms with Gasteiger partial charge in [0.2, 0.25) is 0 Å². The molecule has 0 amide bonds.